The molecule has 0 atom stereocenters. The fourth-order valence-corrected chi connectivity index (χ4v) is 0.673. The first-order chi connectivity index (χ1) is 4.70. The van der Waals surface area contributed by atoms with Crippen LogP contribution in [0.1, 0.15) is 6.42 Å². The minimum absolute atomic E-state index is 0.273. The third-order valence-electron chi connectivity index (χ3n) is 0.748. The highest BCUT2D eigenvalue weighted by molar-refractivity contribution is 9.09. The molecule has 0 saturated heterocycles. The molecule has 0 unspecified atom stereocenters. The molecule has 1 N–H and O–H groups in total. The van der Waals surface area contributed by atoms with Crippen molar-refractivity contribution in [3.8, 4) is 0 Å². The molecule has 5 heteroatoms. The quantitative estimate of drug-likeness (QED) is 0.681. The smallest absolute Gasteiger partial charge is 0.413 e. The van der Waals surface area contributed by atoms with Gasteiger partial charge in [0.05, 0.1) is 7.11 Å². The maximum atomic E-state index is 10.6. The predicted octanol–water partition coefficient (Wildman–Crippen LogP) is 0.654. The molecule has 0 bridgehead atoms. The minimum Gasteiger partial charge on any atom is -0.453 e. The van der Waals surface area contributed by atoms with Crippen LogP contribution in [-0.4, -0.2) is 24.4 Å². The van der Waals surface area contributed by atoms with Crippen LogP contribution in [0.3, 0.4) is 0 Å². The van der Waals surface area contributed by atoms with Crippen molar-refractivity contribution >= 4 is 27.9 Å². The van der Waals surface area contributed by atoms with Crippen LogP contribution >= 0.6 is 15.9 Å². The second-order valence-corrected chi connectivity index (χ2v) is 2.27. The number of amides is 2. The lowest BCUT2D eigenvalue weighted by Crippen LogP contribution is -2.30. The summed E-state index contributed by atoms with van der Waals surface area (Å²) < 4.78 is 4.18. The highest BCUT2D eigenvalue weighted by Crippen LogP contribution is 1.86. The van der Waals surface area contributed by atoms with Gasteiger partial charge < -0.3 is 4.74 Å². The highest BCUT2D eigenvalue weighted by atomic mass is 79.9. The maximum absolute atomic E-state index is 10.6. The van der Waals surface area contributed by atoms with Crippen LogP contribution in [0.15, 0.2) is 0 Å². The van der Waals surface area contributed by atoms with E-state index in [2.05, 4.69) is 20.7 Å². The molecule has 58 valence electrons. The Bertz CT molecular complexity index is 137. The van der Waals surface area contributed by atoms with Crippen molar-refractivity contribution in [2.75, 3.05) is 12.4 Å². The van der Waals surface area contributed by atoms with Crippen molar-refractivity contribution in [1.82, 2.24) is 5.32 Å². The van der Waals surface area contributed by atoms with Crippen LogP contribution in [0.2, 0.25) is 0 Å². The van der Waals surface area contributed by atoms with Gasteiger partial charge in [-0.3, -0.25) is 10.1 Å². The number of alkyl carbamates (subject to hydrolysis) is 1. The first-order valence-electron chi connectivity index (χ1n) is 2.64. The molecule has 0 saturated carbocycles. The van der Waals surface area contributed by atoms with Crippen LogP contribution in [-0.2, 0) is 9.53 Å². The van der Waals surface area contributed by atoms with Gasteiger partial charge in [-0.25, -0.2) is 4.79 Å². The standard InChI is InChI=1S/C5H8BrNO3/c1-10-5(9)7-4(8)2-3-6/h2-3H2,1H3,(H,7,8,9). The molecule has 0 aromatic rings. The summed E-state index contributed by atoms with van der Waals surface area (Å²) in [6, 6.07) is 0. The molecule has 0 rings (SSSR count). The number of imide groups is 1. The topological polar surface area (TPSA) is 55.4 Å². The Labute approximate surface area is 67.1 Å². The first-order valence-corrected chi connectivity index (χ1v) is 3.76. The van der Waals surface area contributed by atoms with Gasteiger partial charge in [-0.05, 0) is 0 Å². The van der Waals surface area contributed by atoms with Gasteiger partial charge in [-0.1, -0.05) is 15.9 Å². The molecular formula is C5H8BrNO3. The average molecular weight is 210 g/mol. The van der Waals surface area contributed by atoms with E-state index < -0.39 is 6.09 Å². The Balaban J connectivity index is 3.47. The summed E-state index contributed by atoms with van der Waals surface area (Å²) >= 11 is 3.05. The molecule has 0 aliphatic rings. The number of methoxy groups -OCH3 is 1. The Morgan fingerprint density at radius 3 is 2.60 bits per heavy atom. The molecule has 0 aliphatic heterocycles. The van der Waals surface area contributed by atoms with E-state index in [1.807, 2.05) is 5.32 Å². The second kappa shape index (κ2) is 5.22. The normalized spacial score (nSPS) is 8.60. The number of carbonyl (C=O) groups is 2. The number of rotatable bonds is 2. The number of hydrogen-bond acceptors (Lipinski definition) is 3. The van der Waals surface area contributed by atoms with Crippen molar-refractivity contribution in [3.63, 3.8) is 0 Å². The van der Waals surface area contributed by atoms with Crippen molar-refractivity contribution in [1.29, 1.82) is 0 Å². The number of halogens is 1. The van der Waals surface area contributed by atoms with Crippen LogP contribution in [0.4, 0.5) is 4.79 Å². The van der Waals surface area contributed by atoms with Crippen LogP contribution < -0.4 is 5.32 Å². The molecule has 0 aliphatic carbocycles. The zero-order valence-corrected chi connectivity index (χ0v) is 7.10. The van der Waals surface area contributed by atoms with Gasteiger partial charge >= 0.3 is 6.09 Å². The van der Waals surface area contributed by atoms with Gasteiger partial charge in [-0.15, -0.1) is 0 Å². The number of hydrogen-bond donors (Lipinski definition) is 1. The van der Waals surface area contributed by atoms with E-state index in [0.717, 1.165) is 0 Å². The Morgan fingerprint density at radius 2 is 2.20 bits per heavy atom. The van der Waals surface area contributed by atoms with Crippen LogP contribution in [0, 0.1) is 0 Å². The fraction of sp³-hybridized carbons (Fsp3) is 0.600. The average Bonchev–Trinajstić information content (AvgIpc) is 1.88. The molecule has 0 aromatic heterocycles. The molecule has 2 amide bonds. The van der Waals surface area contributed by atoms with E-state index >= 15 is 0 Å². The van der Waals surface area contributed by atoms with E-state index in [9.17, 15) is 9.59 Å². The third kappa shape index (κ3) is 4.31. The van der Waals surface area contributed by atoms with Gasteiger partial charge in [0.25, 0.3) is 0 Å². The van der Waals surface area contributed by atoms with Crippen molar-refractivity contribution in [2.24, 2.45) is 0 Å². The largest absolute Gasteiger partial charge is 0.453 e. The van der Waals surface area contributed by atoms with Gasteiger partial charge in [0.2, 0.25) is 5.91 Å². The van der Waals surface area contributed by atoms with Crippen molar-refractivity contribution in [3.05, 3.63) is 0 Å². The second-order valence-electron chi connectivity index (χ2n) is 1.48. The van der Waals surface area contributed by atoms with E-state index in [-0.39, 0.29) is 12.3 Å². The summed E-state index contributed by atoms with van der Waals surface area (Å²) in [5.41, 5.74) is 0. The van der Waals surface area contributed by atoms with Crippen LogP contribution in [0.25, 0.3) is 0 Å². The highest BCUT2D eigenvalue weighted by Gasteiger charge is 2.04. The Kier molecular flexibility index (Phi) is 4.92. The summed E-state index contributed by atoms with van der Waals surface area (Å²) in [7, 11) is 1.21. The summed E-state index contributed by atoms with van der Waals surface area (Å²) in [6.07, 6.45) is -0.444. The zero-order valence-electron chi connectivity index (χ0n) is 5.52. The molecule has 0 radical (unpaired) electrons. The molecule has 0 heterocycles. The first kappa shape index (κ1) is 9.42. The van der Waals surface area contributed by atoms with Crippen molar-refractivity contribution < 1.29 is 14.3 Å². The zero-order chi connectivity index (χ0) is 7.98. The van der Waals surface area contributed by atoms with Gasteiger partial charge in [0.1, 0.15) is 0 Å². The number of carbonyl (C=O) groups excluding carboxylic acids is 2. The molecule has 10 heavy (non-hydrogen) atoms. The SMILES string of the molecule is COC(=O)NC(=O)CCBr. The van der Waals surface area contributed by atoms with Crippen LogP contribution in [0.5, 0.6) is 0 Å². The fourth-order valence-electron chi connectivity index (χ4n) is 0.313. The lowest BCUT2D eigenvalue weighted by atomic mass is 10.5. The van der Waals surface area contributed by atoms with Gasteiger partial charge in [-0.2, -0.15) is 0 Å². The summed E-state index contributed by atoms with van der Waals surface area (Å²) in [5.74, 6) is -0.344. The number of alkyl halides is 1. The molecular weight excluding hydrogens is 202 g/mol. The monoisotopic (exact) mass is 209 g/mol. The lowest BCUT2D eigenvalue weighted by Gasteiger charge is -1.98. The summed E-state index contributed by atoms with van der Waals surface area (Å²) in [4.78, 5) is 20.9. The van der Waals surface area contributed by atoms with E-state index in [0.29, 0.717) is 5.33 Å². The summed E-state index contributed by atoms with van der Waals surface area (Å²) in [5, 5.41) is 2.54. The van der Waals surface area contributed by atoms with Gasteiger partial charge in [0, 0.05) is 11.8 Å². The minimum atomic E-state index is -0.717. The van der Waals surface area contributed by atoms with E-state index in [1.165, 1.54) is 7.11 Å². The van der Waals surface area contributed by atoms with E-state index in [1.54, 1.807) is 0 Å². The van der Waals surface area contributed by atoms with Crippen molar-refractivity contribution in [2.45, 2.75) is 6.42 Å². The number of nitrogens with one attached hydrogen (secondary N) is 1. The molecule has 0 fully saturated rings. The lowest BCUT2D eigenvalue weighted by molar-refractivity contribution is -0.119. The predicted molar refractivity (Wildman–Crippen MR) is 39.0 cm³/mol. The maximum Gasteiger partial charge on any atom is 0.413 e. The molecule has 4 nitrogen and oxygen atoms in total. The summed E-state index contributed by atoms with van der Waals surface area (Å²) in [6.45, 7) is 0. The van der Waals surface area contributed by atoms with E-state index in [4.69, 9.17) is 0 Å². The Hall–Kier alpha value is -0.580. The van der Waals surface area contributed by atoms with Gasteiger partial charge in [0.15, 0.2) is 0 Å². The third-order valence-corrected chi connectivity index (χ3v) is 1.14. The molecule has 0 spiro atoms. The Morgan fingerprint density at radius 1 is 1.60 bits per heavy atom. The molecule has 0 aromatic carbocycles. The number of ether oxygens (including phenoxy) is 1.